The predicted octanol–water partition coefficient (Wildman–Crippen LogP) is 3.82. The van der Waals surface area contributed by atoms with Gasteiger partial charge in [0.05, 0.1) is 12.6 Å². The van der Waals surface area contributed by atoms with Crippen LogP contribution in [0.4, 0.5) is 4.39 Å². The maximum atomic E-state index is 14.1. The van der Waals surface area contributed by atoms with Crippen molar-refractivity contribution in [2.75, 3.05) is 6.61 Å². The molecule has 3 N–H and O–H groups in total. The number of nitrogens with one attached hydrogen (secondary N) is 1. The van der Waals surface area contributed by atoms with Gasteiger partial charge in [0.1, 0.15) is 11.6 Å². The molecule has 0 aliphatic rings. The van der Waals surface area contributed by atoms with Gasteiger partial charge in [-0.1, -0.05) is 36.7 Å². The average molecular weight is 309 g/mol. The van der Waals surface area contributed by atoms with E-state index < -0.39 is 6.04 Å². The highest BCUT2D eigenvalue weighted by Gasteiger charge is 2.20. The van der Waals surface area contributed by atoms with Crippen molar-refractivity contribution >= 4 is 11.6 Å². The Bertz CT molecular complexity index is 607. The molecule has 0 heterocycles. The normalized spacial score (nSPS) is 12.2. The standard InChI is InChI=1S/C16H18ClFN2O/c1-2-9-21-15-6-4-3-5-12(15)16(20-19)13-10-11(17)7-8-14(13)18/h3-8,10,16,20H,2,9,19H2,1H3. The predicted molar refractivity (Wildman–Crippen MR) is 82.8 cm³/mol. The molecule has 21 heavy (non-hydrogen) atoms. The molecule has 1 atom stereocenters. The van der Waals surface area contributed by atoms with E-state index in [2.05, 4.69) is 5.43 Å². The summed E-state index contributed by atoms with van der Waals surface area (Å²) in [5.41, 5.74) is 3.80. The summed E-state index contributed by atoms with van der Waals surface area (Å²) in [4.78, 5) is 0. The minimum atomic E-state index is -0.531. The fourth-order valence-electron chi connectivity index (χ4n) is 2.15. The van der Waals surface area contributed by atoms with E-state index in [1.807, 2.05) is 31.2 Å². The van der Waals surface area contributed by atoms with Crippen LogP contribution in [0.3, 0.4) is 0 Å². The second-order valence-electron chi connectivity index (χ2n) is 4.65. The molecule has 0 aliphatic carbocycles. The summed E-state index contributed by atoms with van der Waals surface area (Å²) >= 11 is 5.96. The van der Waals surface area contributed by atoms with Crippen LogP contribution in [0, 0.1) is 5.82 Å². The van der Waals surface area contributed by atoms with Gasteiger partial charge in [0.15, 0.2) is 0 Å². The summed E-state index contributed by atoms with van der Waals surface area (Å²) in [5.74, 6) is 5.95. The third kappa shape index (κ3) is 3.73. The summed E-state index contributed by atoms with van der Waals surface area (Å²) in [6.07, 6.45) is 0.889. The summed E-state index contributed by atoms with van der Waals surface area (Å²) in [5, 5.41) is 0.457. The van der Waals surface area contributed by atoms with E-state index in [-0.39, 0.29) is 5.82 Å². The number of hydrazine groups is 1. The number of benzene rings is 2. The Morgan fingerprint density at radius 3 is 2.71 bits per heavy atom. The van der Waals surface area contributed by atoms with Gasteiger partial charge < -0.3 is 4.74 Å². The molecule has 0 aromatic heterocycles. The molecule has 2 rings (SSSR count). The maximum Gasteiger partial charge on any atom is 0.128 e. The van der Waals surface area contributed by atoms with Gasteiger partial charge in [-0.05, 0) is 30.7 Å². The second kappa shape index (κ2) is 7.41. The first kappa shape index (κ1) is 15.8. The van der Waals surface area contributed by atoms with Gasteiger partial charge in [0, 0.05) is 16.1 Å². The molecule has 2 aromatic carbocycles. The molecule has 2 aromatic rings. The Morgan fingerprint density at radius 2 is 2.00 bits per heavy atom. The summed E-state index contributed by atoms with van der Waals surface area (Å²) in [7, 11) is 0. The first-order valence-electron chi connectivity index (χ1n) is 6.80. The Kier molecular flexibility index (Phi) is 5.56. The zero-order chi connectivity index (χ0) is 15.2. The number of rotatable bonds is 6. The fraction of sp³-hybridized carbons (Fsp3) is 0.250. The number of hydrogen-bond donors (Lipinski definition) is 2. The number of hydrogen-bond acceptors (Lipinski definition) is 3. The van der Waals surface area contributed by atoms with Gasteiger partial charge in [-0.15, -0.1) is 0 Å². The third-order valence-electron chi connectivity index (χ3n) is 3.13. The monoisotopic (exact) mass is 308 g/mol. The molecule has 0 radical (unpaired) electrons. The lowest BCUT2D eigenvalue weighted by Crippen LogP contribution is -2.30. The van der Waals surface area contributed by atoms with Crippen molar-refractivity contribution in [3.8, 4) is 5.75 Å². The molecular formula is C16H18ClFN2O. The van der Waals surface area contributed by atoms with Crippen LogP contribution in [0.2, 0.25) is 5.02 Å². The van der Waals surface area contributed by atoms with Crippen molar-refractivity contribution < 1.29 is 9.13 Å². The van der Waals surface area contributed by atoms with Crippen LogP contribution in [-0.2, 0) is 0 Å². The van der Waals surface area contributed by atoms with E-state index in [0.29, 0.717) is 22.9 Å². The minimum Gasteiger partial charge on any atom is -0.493 e. The van der Waals surface area contributed by atoms with E-state index >= 15 is 0 Å². The van der Waals surface area contributed by atoms with Crippen molar-refractivity contribution in [3.05, 3.63) is 64.4 Å². The zero-order valence-corrected chi connectivity index (χ0v) is 12.5. The highest BCUT2D eigenvalue weighted by Crippen LogP contribution is 2.32. The molecule has 1 unspecified atom stereocenters. The largest absolute Gasteiger partial charge is 0.493 e. The number of nitrogens with two attached hydrogens (primary N) is 1. The van der Waals surface area contributed by atoms with Crippen LogP contribution in [0.1, 0.15) is 30.5 Å². The molecule has 0 bridgehead atoms. The number of ether oxygens (including phenoxy) is 1. The quantitative estimate of drug-likeness (QED) is 0.630. The summed E-state index contributed by atoms with van der Waals surface area (Å²) < 4.78 is 19.8. The summed E-state index contributed by atoms with van der Waals surface area (Å²) in [6, 6.07) is 11.3. The van der Waals surface area contributed by atoms with E-state index in [1.165, 1.54) is 12.1 Å². The lowest BCUT2D eigenvalue weighted by atomic mass is 9.98. The SMILES string of the molecule is CCCOc1ccccc1C(NN)c1cc(Cl)ccc1F. The number of halogens is 2. The highest BCUT2D eigenvalue weighted by molar-refractivity contribution is 6.30. The zero-order valence-electron chi connectivity index (χ0n) is 11.8. The molecule has 0 amide bonds. The van der Waals surface area contributed by atoms with Crippen molar-refractivity contribution in [1.29, 1.82) is 0 Å². The topological polar surface area (TPSA) is 47.3 Å². The molecule has 5 heteroatoms. The first-order chi connectivity index (χ1) is 10.2. The van der Waals surface area contributed by atoms with Crippen LogP contribution in [-0.4, -0.2) is 6.61 Å². The molecular weight excluding hydrogens is 291 g/mol. The van der Waals surface area contributed by atoms with Crippen LogP contribution in [0.5, 0.6) is 5.75 Å². The highest BCUT2D eigenvalue weighted by atomic mass is 35.5. The second-order valence-corrected chi connectivity index (χ2v) is 5.09. The average Bonchev–Trinajstić information content (AvgIpc) is 2.50. The summed E-state index contributed by atoms with van der Waals surface area (Å²) in [6.45, 7) is 2.62. The van der Waals surface area contributed by atoms with Crippen LogP contribution in [0.15, 0.2) is 42.5 Å². The smallest absolute Gasteiger partial charge is 0.128 e. The fourth-order valence-corrected chi connectivity index (χ4v) is 2.33. The lowest BCUT2D eigenvalue weighted by molar-refractivity contribution is 0.311. The lowest BCUT2D eigenvalue weighted by Gasteiger charge is -2.21. The van der Waals surface area contributed by atoms with E-state index in [4.69, 9.17) is 22.2 Å². The van der Waals surface area contributed by atoms with Gasteiger partial charge >= 0.3 is 0 Å². The Hall–Kier alpha value is -1.62. The Balaban J connectivity index is 2.44. The van der Waals surface area contributed by atoms with Crippen molar-refractivity contribution in [1.82, 2.24) is 5.43 Å². The molecule has 0 spiro atoms. The molecule has 112 valence electrons. The van der Waals surface area contributed by atoms with Crippen LogP contribution >= 0.6 is 11.6 Å². The minimum absolute atomic E-state index is 0.368. The van der Waals surface area contributed by atoms with Gasteiger partial charge in [-0.2, -0.15) is 0 Å². The van der Waals surface area contributed by atoms with E-state index in [0.717, 1.165) is 12.0 Å². The van der Waals surface area contributed by atoms with Gasteiger partial charge in [-0.3, -0.25) is 5.84 Å². The molecule has 0 saturated heterocycles. The Morgan fingerprint density at radius 1 is 1.24 bits per heavy atom. The van der Waals surface area contributed by atoms with Crippen molar-refractivity contribution in [3.63, 3.8) is 0 Å². The van der Waals surface area contributed by atoms with E-state index in [1.54, 1.807) is 6.07 Å². The van der Waals surface area contributed by atoms with E-state index in [9.17, 15) is 4.39 Å². The maximum absolute atomic E-state index is 14.1. The van der Waals surface area contributed by atoms with Gasteiger partial charge in [-0.25, -0.2) is 9.82 Å². The number of para-hydroxylation sites is 1. The molecule has 0 fully saturated rings. The van der Waals surface area contributed by atoms with Crippen LogP contribution in [0.25, 0.3) is 0 Å². The van der Waals surface area contributed by atoms with Gasteiger partial charge in [0.25, 0.3) is 0 Å². The van der Waals surface area contributed by atoms with Gasteiger partial charge in [0.2, 0.25) is 0 Å². The van der Waals surface area contributed by atoms with Crippen molar-refractivity contribution in [2.24, 2.45) is 5.84 Å². The van der Waals surface area contributed by atoms with Crippen LogP contribution < -0.4 is 16.0 Å². The third-order valence-corrected chi connectivity index (χ3v) is 3.36. The molecule has 3 nitrogen and oxygen atoms in total. The Labute approximate surface area is 128 Å². The molecule has 0 saturated carbocycles. The van der Waals surface area contributed by atoms with Crippen molar-refractivity contribution in [2.45, 2.75) is 19.4 Å². The first-order valence-corrected chi connectivity index (χ1v) is 7.18. The molecule has 0 aliphatic heterocycles.